The van der Waals surface area contributed by atoms with Crippen LogP contribution in [-0.4, -0.2) is 36.0 Å². The summed E-state index contributed by atoms with van der Waals surface area (Å²) in [7, 11) is 1.53. The van der Waals surface area contributed by atoms with Gasteiger partial charge in [0.1, 0.15) is 11.9 Å². The van der Waals surface area contributed by atoms with Gasteiger partial charge in [-0.1, -0.05) is 23.5 Å². The summed E-state index contributed by atoms with van der Waals surface area (Å²) in [6.07, 6.45) is 2.61. The SMILES string of the molecule is Cn1c([N+](=O)[O-])cnc1-c1nnc(N/N=C/c2ccccc2O)s1. The third kappa shape index (κ3) is 3.05. The normalized spacial score (nSPS) is 11.0. The predicted octanol–water partition coefficient (Wildman–Crippen LogP) is 2.00. The van der Waals surface area contributed by atoms with Crippen molar-refractivity contribution in [1.82, 2.24) is 19.7 Å². The number of nitrogens with one attached hydrogen (secondary N) is 1. The summed E-state index contributed by atoms with van der Waals surface area (Å²) in [5.41, 5.74) is 3.24. The Kier molecular flexibility index (Phi) is 4.16. The zero-order chi connectivity index (χ0) is 17.1. The summed E-state index contributed by atoms with van der Waals surface area (Å²) < 4.78 is 1.33. The number of hydrazone groups is 1. The number of nitrogens with zero attached hydrogens (tertiary/aromatic N) is 6. The number of benzene rings is 1. The van der Waals surface area contributed by atoms with E-state index in [0.717, 1.165) is 11.3 Å². The highest BCUT2D eigenvalue weighted by molar-refractivity contribution is 7.18. The maximum Gasteiger partial charge on any atom is 0.342 e. The van der Waals surface area contributed by atoms with Crippen LogP contribution in [0.1, 0.15) is 5.56 Å². The average Bonchev–Trinajstić information content (AvgIpc) is 3.15. The Morgan fingerprint density at radius 1 is 1.42 bits per heavy atom. The molecule has 0 unspecified atom stereocenters. The van der Waals surface area contributed by atoms with Gasteiger partial charge in [0.2, 0.25) is 10.1 Å². The van der Waals surface area contributed by atoms with E-state index in [2.05, 4.69) is 25.7 Å². The standard InChI is InChI=1S/C13H11N7O3S/c1-19-10(20(22)23)7-14-11(19)12-16-18-13(24-12)17-15-6-8-4-2-3-5-9(8)21/h2-7,21H,1H3,(H,17,18)/b15-6+. The van der Waals surface area contributed by atoms with E-state index in [-0.39, 0.29) is 11.6 Å². The minimum atomic E-state index is -0.521. The van der Waals surface area contributed by atoms with Crippen molar-refractivity contribution in [3.05, 3.63) is 46.1 Å². The lowest BCUT2D eigenvalue weighted by Crippen LogP contribution is -1.98. The third-order valence-electron chi connectivity index (χ3n) is 3.07. The monoisotopic (exact) mass is 345 g/mol. The molecule has 1 aromatic carbocycles. The van der Waals surface area contributed by atoms with E-state index in [1.165, 1.54) is 24.0 Å². The highest BCUT2D eigenvalue weighted by atomic mass is 32.1. The van der Waals surface area contributed by atoms with Crippen LogP contribution in [0, 0.1) is 10.1 Å². The van der Waals surface area contributed by atoms with Crippen molar-refractivity contribution in [3.8, 4) is 16.6 Å². The van der Waals surface area contributed by atoms with Gasteiger partial charge in [0.25, 0.3) is 5.82 Å². The molecule has 2 heterocycles. The summed E-state index contributed by atoms with van der Waals surface area (Å²) >= 11 is 1.15. The summed E-state index contributed by atoms with van der Waals surface area (Å²) in [4.78, 5) is 14.3. The third-order valence-corrected chi connectivity index (χ3v) is 3.89. The number of hydrogen-bond donors (Lipinski definition) is 2. The second-order valence-electron chi connectivity index (χ2n) is 4.60. The Hall–Kier alpha value is -3.34. The number of rotatable bonds is 5. The molecule has 3 aromatic rings. The Morgan fingerprint density at radius 2 is 2.21 bits per heavy atom. The number of imidazole rings is 1. The number of phenolic OH excluding ortho intramolecular Hbond substituents is 1. The van der Waals surface area contributed by atoms with Crippen LogP contribution in [0.5, 0.6) is 5.75 Å². The van der Waals surface area contributed by atoms with Crippen LogP contribution in [0.3, 0.4) is 0 Å². The van der Waals surface area contributed by atoms with E-state index < -0.39 is 4.92 Å². The molecule has 10 nitrogen and oxygen atoms in total. The van der Waals surface area contributed by atoms with E-state index in [1.54, 1.807) is 24.3 Å². The van der Waals surface area contributed by atoms with E-state index in [4.69, 9.17) is 0 Å². The average molecular weight is 345 g/mol. The van der Waals surface area contributed by atoms with Crippen LogP contribution in [0.15, 0.2) is 35.6 Å². The quantitative estimate of drug-likeness (QED) is 0.410. The van der Waals surface area contributed by atoms with Gasteiger partial charge in [-0.05, 0) is 17.1 Å². The topological polar surface area (TPSA) is 131 Å². The van der Waals surface area contributed by atoms with Crippen LogP contribution >= 0.6 is 11.3 Å². The van der Waals surface area contributed by atoms with Gasteiger partial charge in [-0.25, -0.2) is 9.55 Å². The molecule has 0 aliphatic heterocycles. The molecule has 24 heavy (non-hydrogen) atoms. The number of anilines is 1. The number of para-hydroxylation sites is 1. The van der Waals surface area contributed by atoms with Crippen molar-refractivity contribution < 1.29 is 10.0 Å². The second kappa shape index (κ2) is 6.42. The summed E-state index contributed by atoms with van der Waals surface area (Å²) in [5.74, 6) is 0.325. The fraction of sp³-hybridized carbons (Fsp3) is 0.0769. The smallest absolute Gasteiger partial charge is 0.342 e. The van der Waals surface area contributed by atoms with Crippen LogP contribution in [0.4, 0.5) is 10.9 Å². The van der Waals surface area contributed by atoms with Crippen molar-refractivity contribution >= 4 is 28.5 Å². The molecule has 0 atom stereocenters. The van der Waals surface area contributed by atoms with Crippen LogP contribution < -0.4 is 5.43 Å². The number of hydrogen-bond acceptors (Lipinski definition) is 9. The lowest BCUT2D eigenvalue weighted by molar-refractivity contribution is -0.391. The van der Waals surface area contributed by atoms with Crippen molar-refractivity contribution in [1.29, 1.82) is 0 Å². The number of aromatic nitrogens is 4. The molecule has 2 aromatic heterocycles. The summed E-state index contributed by atoms with van der Waals surface area (Å²) in [6.45, 7) is 0. The van der Waals surface area contributed by atoms with Crippen molar-refractivity contribution in [2.24, 2.45) is 12.1 Å². The van der Waals surface area contributed by atoms with Crippen LogP contribution in [0.2, 0.25) is 0 Å². The molecule has 0 fully saturated rings. The van der Waals surface area contributed by atoms with E-state index in [1.807, 2.05) is 0 Å². The zero-order valence-electron chi connectivity index (χ0n) is 12.3. The predicted molar refractivity (Wildman–Crippen MR) is 88.1 cm³/mol. The molecule has 0 radical (unpaired) electrons. The van der Waals surface area contributed by atoms with Gasteiger partial charge in [0.15, 0.2) is 0 Å². The molecule has 0 bridgehead atoms. The number of nitro groups is 1. The van der Waals surface area contributed by atoms with Crippen molar-refractivity contribution in [2.75, 3.05) is 5.43 Å². The van der Waals surface area contributed by atoms with Gasteiger partial charge in [-0.3, -0.25) is 5.43 Å². The summed E-state index contributed by atoms with van der Waals surface area (Å²) in [6, 6.07) is 6.75. The van der Waals surface area contributed by atoms with Gasteiger partial charge >= 0.3 is 5.82 Å². The van der Waals surface area contributed by atoms with Crippen molar-refractivity contribution in [3.63, 3.8) is 0 Å². The van der Waals surface area contributed by atoms with Gasteiger partial charge in [-0.15, -0.1) is 10.2 Å². The number of aromatic hydroxyl groups is 1. The van der Waals surface area contributed by atoms with E-state index in [0.29, 0.717) is 21.5 Å². The Morgan fingerprint density at radius 3 is 2.92 bits per heavy atom. The molecule has 2 N–H and O–H groups in total. The highest BCUT2D eigenvalue weighted by Crippen LogP contribution is 2.27. The molecule has 0 spiro atoms. The maximum absolute atomic E-state index is 10.8. The van der Waals surface area contributed by atoms with E-state index in [9.17, 15) is 15.2 Å². The molecule has 0 amide bonds. The first kappa shape index (κ1) is 15.6. The largest absolute Gasteiger partial charge is 0.507 e. The molecular formula is C13H11N7O3S. The summed E-state index contributed by atoms with van der Waals surface area (Å²) in [5, 5.41) is 33.1. The minimum Gasteiger partial charge on any atom is -0.507 e. The van der Waals surface area contributed by atoms with Gasteiger partial charge < -0.3 is 15.2 Å². The van der Waals surface area contributed by atoms with E-state index >= 15 is 0 Å². The fourth-order valence-corrected chi connectivity index (χ4v) is 2.61. The zero-order valence-corrected chi connectivity index (χ0v) is 13.1. The minimum absolute atomic E-state index is 0.112. The lowest BCUT2D eigenvalue weighted by Gasteiger charge is -1.96. The Bertz CT molecular complexity index is 918. The van der Waals surface area contributed by atoms with Crippen LogP contribution in [-0.2, 0) is 7.05 Å². The van der Waals surface area contributed by atoms with Gasteiger partial charge in [0.05, 0.1) is 13.3 Å². The Labute approximate surface area is 139 Å². The first-order chi connectivity index (χ1) is 11.6. The molecule has 0 aliphatic carbocycles. The fourth-order valence-electron chi connectivity index (χ4n) is 1.88. The highest BCUT2D eigenvalue weighted by Gasteiger charge is 2.21. The molecule has 3 rings (SSSR count). The molecule has 122 valence electrons. The van der Waals surface area contributed by atoms with Crippen LogP contribution in [0.25, 0.3) is 10.8 Å². The second-order valence-corrected chi connectivity index (χ2v) is 5.57. The molecule has 11 heteroatoms. The molecule has 0 saturated heterocycles. The molecule has 0 aliphatic rings. The van der Waals surface area contributed by atoms with Gasteiger partial charge in [0, 0.05) is 5.56 Å². The first-order valence-corrected chi connectivity index (χ1v) is 7.45. The first-order valence-electron chi connectivity index (χ1n) is 6.63. The molecular weight excluding hydrogens is 334 g/mol. The van der Waals surface area contributed by atoms with Gasteiger partial charge in [-0.2, -0.15) is 5.10 Å². The number of phenols is 1. The van der Waals surface area contributed by atoms with Crippen molar-refractivity contribution in [2.45, 2.75) is 0 Å². The Balaban J connectivity index is 1.75. The molecule has 0 saturated carbocycles. The maximum atomic E-state index is 10.8. The lowest BCUT2D eigenvalue weighted by atomic mass is 10.2.